The Morgan fingerprint density at radius 1 is 1.50 bits per heavy atom. The van der Waals surface area contributed by atoms with Gasteiger partial charge in [0, 0.05) is 18.3 Å². The lowest BCUT2D eigenvalue weighted by molar-refractivity contribution is 0.285. The molecule has 1 fully saturated rings. The maximum absolute atomic E-state index is 4.16. The van der Waals surface area contributed by atoms with Gasteiger partial charge in [0.15, 0.2) is 4.34 Å². The van der Waals surface area contributed by atoms with Gasteiger partial charge in [0.25, 0.3) is 0 Å². The second-order valence-corrected chi connectivity index (χ2v) is 6.50. The molecule has 90 valence electrons. The molecular formula is C11H19N3S2. The highest BCUT2D eigenvalue weighted by Crippen LogP contribution is 2.24. The highest BCUT2D eigenvalue weighted by atomic mass is 32.2. The van der Waals surface area contributed by atoms with Crippen molar-refractivity contribution in [2.24, 2.45) is 5.92 Å². The summed E-state index contributed by atoms with van der Waals surface area (Å²) in [6.45, 7) is 3.45. The summed E-state index contributed by atoms with van der Waals surface area (Å²) in [6, 6.07) is 0.740. The molecule has 1 aromatic heterocycles. The van der Waals surface area contributed by atoms with Crippen LogP contribution in [0, 0.1) is 5.92 Å². The maximum Gasteiger partial charge on any atom is 0.169 e. The summed E-state index contributed by atoms with van der Waals surface area (Å²) in [6.07, 6.45) is 7.18. The van der Waals surface area contributed by atoms with Gasteiger partial charge in [0.05, 0.1) is 0 Å². The molecule has 1 aliphatic rings. The monoisotopic (exact) mass is 257 g/mol. The van der Waals surface area contributed by atoms with Gasteiger partial charge in [0.2, 0.25) is 0 Å². The number of nitrogens with one attached hydrogen (secondary N) is 1. The molecule has 1 aromatic rings. The van der Waals surface area contributed by atoms with Crippen LogP contribution in [0.4, 0.5) is 0 Å². The van der Waals surface area contributed by atoms with Gasteiger partial charge >= 0.3 is 0 Å². The average molecular weight is 257 g/mol. The van der Waals surface area contributed by atoms with Crippen LogP contribution in [0.5, 0.6) is 0 Å². The fourth-order valence-electron chi connectivity index (χ4n) is 2.23. The maximum atomic E-state index is 4.16. The summed E-state index contributed by atoms with van der Waals surface area (Å²) in [4.78, 5) is 4.16. The third-order valence-corrected chi connectivity index (χ3v) is 4.99. The lowest BCUT2D eigenvalue weighted by atomic mass is 9.86. The smallest absolute Gasteiger partial charge is 0.169 e. The van der Waals surface area contributed by atoms with Crippen LogP contribution < -0.4 is 5.32 Å². The van der Waals surface area contributed by atoms with E-state index in [2.05, 4.69) is 21.6 Å². The minimum absolute atomic E-state index is 0.740. The average Bonchev–Trinajstić information content (AvgIpc) is 2.79. The fraction of sp³-hybridized carbons (Fsp3) is 0.818. The van der Waals surface area contributed by atoms with Crippen molar-refractivity contribution in [1.82, 2.24) is 14.7 Å². The number of hydrogen-bond acceptors (Lipinski definition) is 5. The molecule has 3 nitrogen and oxygen atoms in total. The molecule has 0 amide bonds. The Kier molecular flexibility index (Phi) is 5.06. The van der Waals surface area contributed by atoms with Crippen molar-refractivity contribution in [3.63, 3.8) is 0 Å². The lowest BCUT2D eigenvalue weighted by Gasteiger charge is -2.29. The van der Waals surface area contributed by atoms with E-state index in [1.165, 1.54) is 37.2 Å². The Balaban J connectivity index is 1.60. The second kappa shape index (κ2) is 6.57. The largest absolute Gasteiger partial charge is 0.313 e. The van der Waals surface area contributed by atoms with E-state index in [0.717, 1.165) is 28.6 Å². The predicted octanol–water partition coefficient (Wildman–Crippen LogP) is 2.80. The van der Waals surface area contributed by atoms with Gasteiger partial charge in [-0.25, -0.2) is 4.98 Å². The van der Waals surface area contributed by atoms with Gasteiger partial charge < -0.3 is 5.32 Å². The van der Waals surface area contributed by atoms with Crippen LogP contribution in [0.25, 0.3) is 0 Å². The van der Waals surface area contributed by atoms with E-state index in [1.54, 1.807) is 18.1 Å². The lowest BCUT2D eigenvalue weighted by Crippen LogP contribution is -2.38. The first kappa shape index (κ1) is 12.3. The first-order chi connectivity index (χ1) is 7.86. The van der Waals surface area contributed by atoms with Crippen LogP contribution >= 0.6 is 23.3 Å². The Labute approximate surface area is 106 Å². The van der Waals surface area contributed by atoms with Crippen molar-refractivity contribution in [2.45, 2.75) is 43.0 Å². The van der Waals surface area contributed by atoms with Crippen LogP contribution in [-0.4, -0.2) is 27.7 Å². The zero-order valence-corrected chi connectivity index (χ0v) is 11.3. The zero-order valence-electron chi connectivity index (χ0n) is 9.69. The van der Waals surface area contributed by atoms with Gasteiger partial charge in [-0.15, -0.1) is 0 Å². The summed E-state index contributed by atoms with van der Waals surface area (Å²) < 4.78 is 5.07. The van der Waals surface area contributed by atoms with E-state index >= 15 is 0 Å². The van der Waals surface area contributed by atoms with E-state index in [-0.39, 0.29) is 0 Å². The van der Waals surface area contributed by atoms with Crippen molar-refractivity contribution >= 4 is 23.3 Å². The number of rotatable bonds is 5. The SMILES string of the molecule is CC1CCCCC1NCCSc1ncns1. The van der Waals surface area contributed by atoms with Gasteiger partial charge in [-0.1, -0.05) is 31.5 Å². The standard InChI is InChI=1S/C11H19N3S2/c1-9-4-2-3-5-10(9)12-6-7-15-11-13-8-14-16-11/h8-10,12H,2-7H2,1H3. The molecule has 1 heterocycles. The fourth-order valence-corrected chi connectivity index (χ4v) is 3.61. The molecule has 5 heteroatoms. The Bertz CT molecular complexity index is 289. The Morgan fingerprint density at radius 2 is 2.38 bits per heavy atom. The number of hydrogen-bond donors (Lipinski definition) is 1. The molecular weight excluding hydrogens is 238 g/mol. The summed E-state index contributed by atoms with van der Waals surface area (Å²) in [5.41, 5.74) is 0. The van der Waals surface area contributed by atoms with Crippen molar-refractivity contribution < 1.29 is 0 Å². The molecule has 0 aromatic carbocycles. The topological polar surface area (TPSA) is 37.8 Å². The highest BCUT2D eigenvalue weighted by molar-refractivity contribution is 8.00. The quantitative estimate of drug-likeness (QED) is 0.650. The Morgan fingerprint density at radius 3 is 3.12 bits per heavy atom. The first-order valence-corrected chi connectivity index (χ1v) is 7.75. The second-order valence-electron chi connectivity index (χ2n) is 4.38. The molecule has 2 atom stereocenters. The normalized spacial score (nSPS) is 25.8. The molecule has 0 spiro atoms. The van der Waals surface area contributed by atoms with Crippen LogP contribution in [0.2, 0.25) is 0 Å². The third kappa shape index (κ3) is 3.71. The van der Waals surface area contributed by atoms with E-state index in [4.69, 9.17) is 0 Å². The predicted molar refractivity (Wildman–Crippen MR) is 70.1 cm³/mol. The third-order valence-electron chi connectivity index (χ3n) is 3.19. The number of thioether (sulfide) groups is 1. The van der Waals surface area contributed by atoms with Gasteiger partial charge in [0.1, 0.15) is 6.33 Å². The molecule has 1 saturated carbocycles. The van der Waals surface area contributed by atoms with E-state index in [1.807, 2.05) is 0 Å². The van der Waals surface area contributed by atoms with Gasteiger partial charge in [-0.3, -0.25) is 0 Å². The molecule has 2 rings (SSSR count). The summed E-state index contributed by atoms with van der Waals surface area (Å²) >= 11 is 3.28. The molecule has 0 radical (unpaired) electrons. The zero-order chi connectivity index (χ0) is 11.2. The molecule has 0 aliphatic heterocycles. The first-order valence-electron chi connectivity index (χ1n) is 5.99. The highest BCUT2D eigenvalue weighted by Gasteiger charge is 2.19. The van der Waals surface area contributed by atoms with E-state index in [9.17, 15) is 0 Å². The minimum atomic E-state index is 0.740. The van der Waals surface area contributed by atoms with E-state index in [0.29, 0.717) is 0 Å². The van der Waals surface area contributed by atoms with Crippen LogP contribution in [0.15, 0.2) is 10.7 Å². The molecule has 1 N–H and O–H groups in total. The molecule has 2 unspecified atom stereocenters. The van der Waals surface area contributed by atoms with Crippen LogP contribution in [0.3, 0.4) is 0 Å². The Hall–Kier alpha value is -0.130. The van der Waals surface area contributed by atoms with E-state index < -0.39 is 0 Å². The van der Waals surface area contributed by atoms with Gasteiger partial charge in [-0.05, 0) is 30.3 Å². The molecule has 1 aliphatic carbocycles. The summed E-state index contributed by atoms with van der Waals surface area (Å²) in [5, 5.41) is 3.67. The van der Waals surface area contributed by atoms with Crippen molar-refractivity contribution in [1.29, 1.82) is 0 Å². The molecule has 0 bridgehead atoms. The van der Waals surface area contributed by atoms with Crippen molar-refractivity contribution in [2.75, 3.05) is 12.3 Å². The van der Waals surface area contributed by atoms with Crippen molar-refractivity contribution in [3.8, 4) is 0 Å². The number of nitrogens with zero attached hydrogens (tertiary/aromatic N) is 2. The minimum Gasteiger partial charge on any atom is -0.313 e. The molecule has 16 heavy (non-hydrogen) atoms. The van der Waals surface area contributed by atoms with Crippen LogP contribution in [0.1, 0.15) is 32.6 Å². The molecule has 0 saturated heterocycles. The number of aromatic nitrogens is 2. The van der Waals surface area contributed by atoms with Crippen molar-refractivity contribution in [3.05, 3.63) is 6.33 Å². The summed E-state index contributed by atoms with van der Waals surface area (Å²) in [7, 11) is 0. The van der Waals surface area contributed by atoms with Crippen LogP contribution in [-0.2, 0) is 0 Å². The summed E-state index contributed by atoms with van der Waals surface area (Å²) in [5.74, 6) is 1.94. The van der Waals surface area contributed by atoms with Gasteiger partial charge in [-0.2, -0.15) is 4.37 Å².